The zero-order chi connectivity index (χ0) is 24.5. The summed E-state index contributed by atoms with van der Waals surface area (Å²) < 4.78 is 14.7. The Morgan fingerprint density at radius 3 is 2.48 bits per heavy atom. The first kappa shape index (κ1) is 24.5. The van der Waals surface area contributed by atoms with E-state index in [2.05, 4.69) is 0 Å². The molecule has 7 heteroatoms. The van der Waals surface area contributed by atoms with Gasteiger partial charge in [0, 0.05) is 55.6 Å². The molecule has 0 atom stereocenters. The minimum atomic E-state index is -0.750. The summed E-state index contributed by atoms with van der Waals surface area (Å²) in [7, 11) is 5.56. The topological polar surface area (TPSA) is 64.1 Å². The third-order valence-electron chi connectivity index (χ3n) is 5.79. The summed E-state index contributed by atoms with van der Waals surface area (Å²) in [6.07, 6.45) is 3.34. The van der Waals surface area contributed by atoms with Gasteiger partial charge in [-0.15, -0.1) is 0 Å². The van der Waals surface area contributed by atoms with Crippen molar-refractivity contribution in [2.75, 3.05) is 32.6 Å². The lowest BCUT2D eigenvalue weighted by Gasteiger charge is -2.23. The molecule has 0 bridgehead atoms. The van der Waals surface area contributed by atoms with Crippen molar-refractivity contribution < 1.29 is 19.1 Å². The van der Waals surface area contributed by atoms with Gasteiger partial charge < -0.3 is 19.8 Å². The molecule has 1 aliphatic heterocycles. The van der Waals surface area contributed by atoms with Crippen LogP contribution in [0.2, 0.25) is 0 Å². The predicted molar refractivity (Wildman–Crippen MR) is 128 cm³/mol. The first-order valence-corrected chi connectivity index (χ1v) is 10.9. The molecular weight excluding hydrogens is 421 g/mol. The number of phenolic OH excluding ortho intramolecular Hbond substituents is 1. The molecule has 2 aromatic rings. The van der Waals surface area contributed by atoms with Crippen LogP contribution >= 0.6 is 0 Å². The minimum Gasteiger partial charge on any atom is -0.508 e. The molecule has 1 heterocycles. The molecule has 0 spiro atoms. The largest absolute Gasteiger partial charge is 0.508 e. The monoisotopic (exact) mass is 453 g/mol. The molecule has 0 aliphatic carbocycles. The van der Waals surface area contributed by atoms with Crippen LogP contribution in [0, 0.1) is 5.82 Å². The fourth-order valence-corrected chi connectivity index (χ4v) is 3.95. The number of fused-ring (bicyclic) bond motifs is 1. The third kappa shape index (κ3) is 5.25. The number of amides is 2. The van der Waals surface area contributed by atoms with Gasteiger partial charge in [0.1, 0.15) is 11.6 Å². The van der Waals surface area contributed by atoms with Crippen molar-refractivity contribution in [3.8, 4) is 5.75 Å². The molecule has 1 aliphatic rings. The zero-order valence-electron chi connectivity index (χ0n) is 20.1. The minimum absolute atomic E-state index is 0.0665. The number of rotatable bonds is 5. The van der Waals surface area contributed by atoms with E-state index < -0.39 is 17.1 Å². The second-order valence-corrected chi connectivity index (χ2v) is 9.74. The molecule has 176 valence electrons. The Morgan fingerprint density at radius 1 is 1.15 bits per heavy atom. The quantitative estimate of drug-likeness (QED) is 0.694. The summed E-state index contributed by atoms with van der Waals surface area (Å²) in [5.74, 6) is -1.51. The van der Waals surface area contributed by atoms with Crippen molar-refractivity contribution in [2.24, 2.45) is 0 Å². The van der Waals surface area contributed by atoms with Crippen molar-refractivity contribution in [1.29, 1.82) is 0 Å². The second-order valence-electron chi connectivity index (χ2n) is 9.74. The van der Waals surface area contributed by atoms with Gasteiger partial charge in [-0.2, -0.15) is 0 Å². The van der Waals surface area contributed by atoms with Crippen LogP contribution in [0.5, 0.6) is 5.75 Å². The van der Waals surface area contributed by atoms with Crippen molar-refractivity contribution >= 4 is 17.5 Å². The molecule has 0 fully saturated rings. The molecule has 33 heavy (non-hydrogen) atoms. The number of carbonyl (C=O) groups excluding carboxylic acids is 2. The number of nitrogens with zero attached hydrogens (tertiary/aromatic N) is 3. The van der Waals surface area contributed by atoms with E-state index in [1.54, 1.807) is 22.9 Å². The summed E-state index contributed by atoms with van der Waals surface area (Å²) in [4.78, 5) is 31.0. The number of phenols is 1. The van der Waals surface area contributed by atoms with Gasteiger partial charge in [0.2, 0.25) is 5.91 Å². The Balaban J connectivity index is 1.86. The first-order chi connectivity index (χ1) is 15.4. The predicted octanol–water partition coefficient (Wildman–Crippen LogP) is 4.07. The number of hydrogen-bond acceptors (Lipinski definition) is 4. The molecule has 2 amide bonds. The smallest absolute Gasteiger partial charge is 0.257 e. The van der Waals surface area contributed by atoms with Crippen molar-refractivity contribution in [2.45, 2.75) is 39.3 Å². The molecule has 0 radical (unpaired) electrons. The molecule has 0 saturated carbocycles. The summed E-state index contributed by atoms with van der Waals surface area (Å²) in [6, 6.07) is 8.08. The Bertz CT molecular complexity index is 1100. The lowest BCUT2D eigenvalue weighted by atomic mass is 9.85. The van der Waals surface area contributed by atoms with E-state index >= 15 is 0 Å². The normalized spacial score (nSPS) is 13.6. The highest BCUT2D eigenvalue weighted by atomic mass is 19.1. The van der Waals surface area contributed by atoms with Gasteiger partial charge in [0.15, 0.2) is 0 Å². The average molecular weight is 454 g/mol. The standard InChI is InChI=1S/C26H32FN3O3/c1-26(2,3)20-13-18(21(27)14-23(20)31)25(33)30-15-17-9-7-10-22(19(17)16-30)29(6)24(32)11-8-12-28(4)5/h7-11,13-14,31H,12,15-16H2,1-6H3/b11-8+. The molecular formula is C26H32FN3O3. The van der Waals surface area contributed by atoms with Crippen LogP contribution in [-0.2, 0) is 23.3 Å². The van der Waals surface area contributed by atoms with E-state index in [9.17, 15) is 19.1 Å². The number of aromatic hydroxyl groups is 1. The highest BCUT2D eigenvalue weighted by molar-refractivity contribution is 6.02. The average Bonchev–Trinajstić information content (AvgIpc) is 3.16. The first-order valence-electron chi connectivity index (χ1n) is 10.9. The number of likely N-dealkylation sites (N-methyl/N-ethyl adjacent to an activating group) is 2. The Hall–Kier alpha value is -3.19. The maximum absolute atomic E-state index is 14.7. The van der Waals surface area contributed by atoms with E-state index in [1.807, 2.05) is 58.0 Å². The van der Waals surface area contributed by atoms with E-state index in [1.165, 1.54) is 12.1 Å². The highest BCUT2D eigenvalue weighted by Crippen LogP contribution is 2.35. The zero-order valence-corrected chi connectivity index (χ0v) is 20.1. The third-order valence-corrected chi connectivity index (χ3v) is 5.79. The van der Waals surface area contributed by atoms with E-state index in [0.717, 1.165) is 22.9 Å². The summed E-state index contributed by atoms with van der Waals surface area (Å²) in [6.45, 7) is 6.94. The van der Waals surface area contributed by atoms with Gasteiger partial charge >= 0.3 is 0 Å². The molecule has 0 saturated heterocycles. The summed E-state index contributed by atoms with van der Waals surface area (Å²) >= 11 is 0. The van der Waals surface area contributed by atoms with Gasteiger partial charge in [0.25, 0.3) is 5.91 Å². The molecule has 6 nitrogen and oxygen atoms in total. The van der Waals surface area contributed by atoms with Crippen LogP contribution < -0.4 is 4.90 Å². The molecule has 0 unspecified atom stereocenters. The van der Waals surface area contributed by atoms with Gasteiger partial charge in [-0.25, -0.2) is 4.39 Å². The number of halogens is 1. The molecule has 0 aromatic heterocycles. The van der Waals surface area contributed by atoms with Crippen LogP contribution in [0.3, 0.4) is 0 Å². The summed E-state index contributed by atoms with van der Waals surface area (Å²) in [5.41, 5.74) is 2.52. The molecule has 1 N–H and O–H groups in total. The SMILES string of the molecule is CN(C)C/C=C/C(=O)N(C)c1cccc2c1CN(C(=O)c1cc(C(C)(C)C)c(O)cc1F)C2. The lowest BCUT2D eigenvalue weighted by Crippen LogP contribution is -2.28. The Morgan fingerprint density at radius 2 is 1.85 bits per heavy atom. The van der Waals surface area contributed by atoms with Gasteiger partial charge in [-0.05, 0) is 37.2 Å². The summed E-state index contributed by atoms with van der Waals surface area (Å²) in [5, 5.41) is 10.2. The fourth-order valence-electron chi connectivity index (χ4n) is 3.95. The lowest BCUT2D eigenvalue weighted by molar-refractivity contribution is -0.113. The maximum Gasteiger partial charge on any atom is 0.257 e. The number of hydrogen-bond donors (Lipinski definition) is 1. The molecule has 2 aromatic carbocycles. The van der Waals surface area contributed by atoms with Crippen LogP contribution in [-0.4, -0.2) is 54.4 Å². The number of carbonyl (C=O) groups is 2. The van der Waals surface area contributed by atoms with Crippen molar-refractivity contribution in [3.05, 3.63) is 70.6 Å². The van der Waals surface area contributed by atoms with Gasteiger partial charge in [0.05, 0.1) is 5.56 Å². The second kappa shape index (κ2) is 9.35. The van der Waals surface area contributed by atoms with Crippen LogP contribution in [0.1, 0.15) is 47.8 Å². The Labute approximate surface area is 194 Å². The maximum atomic E-state index is 14.7. The Kier molecular flexibility index (Phi) is 6.93. The van der Waals surface area contributed by atoms with Crippen molar-refractivity contribution in [3.63, 3.8) is 0 Å². The number of anilines is 1. The van der Waals surface area contributed by atoms with Gasteiger partial charge in [-0.3, -0.25) is 9.59 Å². The van der Waals surface area contributed by atoms with Crippen molar-refractivity contribution in [1.82, 2.24) is 9.80 Å². The van der Waals surface area contributed by atoms with E-state index in [0.29, 0.717) is 18.7 Å². The number of benzene rings is 2. The van der Waals surface area contributed by atoms with Crippen LogP contribution in [0.4, 0.5) is 10.1 Å². The van der Waals surface area contributed by atoms with E-state index in [4.69, 9.17) is 0 Å². The molecule has 3 rings (SSSR count). The van der Waals surface area contributed by atoms with Crippen LogP contribution in [0.15, 0.2) is 42.5 Å². The van der Waals surface area contributed by atoms with Gasteiger partial charge in [-0.1, -0.05) is 39.0 Å². The highest BCUT2D eigenvalue weighted by Gasteiger charge is 2.31. The van der Waals surface area contributed by atoms with E-state index in [-0.39, 0.29) is 23.8 Å². The van der Waals surface area contributed by atoms with Crippen LogP contribution in [0.25, 0.3) is 0 Å². The fraction of sp³-hybridized carbons (Fsp3) is 0.385.